The first-order valence-corrected chi connectivity index (χ1v) is 12.8. The summed E-state index contributed by atoms with van der Waals surface area (Å²) in [7, 11) is 0. The van der Waals surface area contributed by atoms with E-state index in [0.29, 0.717) is 24.1 Å². The molecule has 190 valence electrons. The van der Waals surface area contributed by atoms with Crippen molar-refractivity contribution in [2.75, 3.05) is 5.32 Å². The fraction of sp³-hybridized carbons (Fsp3) is 0.321. The smallest absolute Gasteiger partial charge is 0.268 e. The number of hydrogen-bond donors (Lipinski definition) is 3. The number of fused-ring (bicyclic) bond motifs is 1. The predicted molar refractivity (Wildman–Crippen MR) is 147 cm³/mol. The Morgan fingerprint density at radius 2 is 2.11 bits per heavy atom. The molecule has 37 heavy (non-hydrogen) atoms. The van der Waals surface area contributed by atoms with Gasteiger partial charge in [0.2, 0.25) is 5.95 Å². The lowest BCUT2D eigenvalue weighted by atomic mass is 10.1. The van der Waals surface area contributed by atoms with Gasteiger partial charge >= 0.3 is 0 Å². The summed E-state index contributed by atoms with van der Waals surface area (Å²) in [6, 6.07) is 9.68. The molecule has 3 aromatic heterocycles. The molecule has 4 heterocycles. The SMILES string of the molecule is CCCn1ccc(CNC(=O)c2cc3cc(Nc4nccc(C5=CCC(C)CC=N5)n4)cc(C)c3[nH]2)n1. The second-order valence-electron chi connectivity index (χ2n) is 9.56. The molecule has 0 fully saturated rings. The molecule has 9 nitrogen and oxygen atoms in total. The van der Waals surface area contributed by atoms with Gasteiger partial charge in [0.15, 0.2) is 0 Å². The van der Waals surface area contributed by atoms with Crippen LogP contribution in [0.4, 0.5) is 11.6 Å². The Labute approximate surface area is 216 Å². The van der Waals surface area contributed by atoms with Crippen molar-refractivity contribution in [2.45, 2.75) is 53.1 Å². The van der Waals surface area contributed by atoms with Crippen LogP contribution in [-0.4, -0.2) is 36.9 Å². The highest BCUT2D eigenvalue weighted by atomic mass is 16.1. The Hall–Kier alpha value is -4.27. The van der Waals surface area contributed by atoms with Crippen molar-refractivity contribution >= 4 is 40.4 Å². The van der Waals surface area contributed by atoms with Gasteiger partial charge in [-0.05, 0) is 68.0 Å². The van der Waals surface area contributed by atoms with Crippen molar-refractivity contribution in [3.8, 4) is 0 Å². The Morgan fingerprint density at radius 3 is 2.97 bits per heavy atom. The molecule has 5 rings (SSSR count). The first kappa shape index (κ1) is 24.4. The van der Waals surface area contributed by atoms with E-state index in [9.17, 15) is 4.79 Å². The van der Waals surface area contributed by atoms with Gasteiger partial charge in [-0.25, -0.2) is 9.97 Å². The summed E-state index contributed by atoms with van der Waals surface area (Å²) in [6.45, 7) is 7.58. The molecule has 0 saturated heterocycles. The Bertz CT molecular complexity index is 1480. The highest BCUT2D eigenvalue weighted by molar-refractivity contribution is 5.99. The number of nitrogens with zero attached hydrogens (tertiary/aromatic N) is 5. The highest BCUT2D eigenvalue weighted by Crippen LogP contribution is 2.27. The molecule has 1 aromatic carbocycles. The maximum atomic E-state index is 12.8. The molecule has 1 aliphatic heterocycles. The average Bonchev–Trinajstić information content (AvgIpc) is 3.46. The van der Waals surface area contributed by atoms with E-state index in [0.717, 1.165) is 65.0 Å². The lowest BCUT2D eigenvalue weighted by Crippen LogP contribution is -2.23. The van der Waals surface area contributed by atoms with Gasteiger partial charge in [-0.15, -0.1) is 0 Å². The second-order valence-corrected chi connectivity index (χ2v) is 9.56. The molecule has 9 heteroatoms. The monoisotopic (exact) mass is 496 g/mol. The number of anilines is 2. The van der Waals surface area contributed by atoms with E-state index in [1.165, 1.54) is 0 Å². The fourth-order valence-electron chi connectivity index (χ4n) is 4.39. The van der Waals surface area contributed by atoms with E-state index in [1.54, 1.807) is 6.20 Å². The Kier molecular flexibility index (Phi) is 7.11. The molecule has 0 bridgehead atoms. The van der Waals surface area contributed by atoms with Crippen LogP contribution in [0.5, 0.6) is 0 Å². The number of aliphatic imine (C=N–C) groups is 1. The van der Waals surface area contributed by atoms with E-state index >= 15 is 0 Å². The summed E-state index contributed by atoms with van der Waals surface area (Å²) >= 11 is 0. The van der Waals surface area contributed by atoms with Crippen LogP contribution in [-0.2, 0) is 13.1 Å². The molecule has 1 unspecified atom stereocenters. The summed E-state index contributed by atoms with van der Waals surface area (Å²) in [5.74, 6) is 0.909. The van der Waals surface area contributed by atoms with Gasteiger partial charge in [0.25, 0.3) is 5.91 Å². The molecular weight excluding hydrogens is 464 g/mol. The number of H-pyrrole nitrogens is 1. The van der Waals surface area contributed by atoms with Gasteiger partial charge in [-0.3, -0.25) is 14.5 Å². The molecule has 0 spiro atoms. The minimum atomic E-state index is -0.169. The zero-order chi connectivity index (χ0) is 25.8. The zero-order valence-electron chi connectivity index (χ0n) is 21.5. The summed E-state index contributed by atoms with van der Waals surface area (Å²) in [6.07, 6.45) is 10.7. The lowest BCUT2D eigenvalue weighted by molar-refractivity contribution is 0.0946. The second kappa shape index (κ2) is 10.8. The minimum absolute atomic E-state index is 0.169. The third-order valence-corrected chi connectivity index (χ3v) is 6.37. The van der Waals surface area contributed by atoms with Crippen molar-refractivity contribution < 1.29 is 4.79 Å². The zero-order valence-corrected chi connectivity index (χ0v) is 21.5. The molecular formula is C28H32N8O. The third kappa shape index (κ3) is 5.77. The van der Waals surface area contributed by atoms with Crippen molar-refractivity contribution in [2.24, 2.45) is 10.9 Å². The average molecular weight is 497 g/mol. The molecule has 0 aliphatic carbocycles. The Morgan fingerprint density at radius 1 is 1.22 bits per heavy atom. The largest absolute Gasteiger partial charge is 0.350 e. The van der Waals surface area contributed by atoms with E-state index in [1.807, 2.05) is 54.3 Å². The number of carbonyl (C=O) groups is 1. The van der Waals surface area contributed by atoms with E-state index in [2.05, 4.69) is 55.6 Å². The Balaban J connectivity index is 1.30. The maximum Gasteiger partial charge on any atom is 0.268 e. The summed E-state index contributed by atoms with van der Waals surface area (Å²) in [5, 5.41) is 11.7. The van der Waals surface area contributed by atoms with Crippen molar-refractivity contribution in [1.29, 1.82) is 0 Å². The molecule has 1 atom stereocenters. The summed E-state index contributed by atoms with van der Waals surface area (Å²) < 4.78 is 1.89. The topological polar surface area (TPSA) is 113 Å². The number of nitrogens with one attached hydrogen (secondary N) is 3. The van der Waals surface area contributed by atoms with E-state index < -0.39 is 0 Å². The van der Waals surface area contributed by atoms with E-state index in [-0.39, 0.29) is 5.91 Å². The number of hydrogen-bond acceptors (Lipinski definition) is 6. The van der Waals surface area contributed by atoms with Crippen LogP contribution in [0.3, 0.4) is 0 Å². The van der Waals surface area contributed by atoms with Crippen LogP contribution < -0.4 is 10.6 Å². The number of aromatic amines is 1. The van der Waals surface area contributed by atoms with Crippen LogP contribution in [0.2, 0.25) is 0 Å². The van der Waals surface area contributed by atoms with Gasteiger partial charge in [0, 0.05) is 41.7 Å². The molecule has 0 saturated carbocycles. The molecule has 3 N–H and O–H groups in total. The van der Waals surface area contributed by atoms with Gasteiger partial charge in [0.05, 0.1) is 23.6 Å². The van der Waals surface area contributed by atoms with Gasteiger partial charge in [-0.2, -0.15) is 5.10 Å². The van der Waals surface area contributed by atoms with Gasteiger partial charge in [0.1, 0.15) is 5.69 Å². The van der Waals surface area contributed by atoms with Crippen LogP contribution >= 0.6 is 0 Å². The van der Waals surface area contributed by atoms with Crippen LogP contribution in [0.15, 0.2) is 53.8 Å². The van der Waals surface area contributed by atoms with Crippen molar-refractivity contribution in [3.63, 3.8) is 0 Å². The first-order valence-electron chi connectivity index (χ1n) is 12.8. The number of rotatable bonds is 8. The minimum Gasteiger partial charge on any atom is -0.350 e. The standard InChI is InChI=1S/C28H32N8O/c1-4-12-36-13-9-21(35-36)17-31-27(37)25-16-20-15-22(14-19(3)26(20)33-25)32-28-30-11-8-24(34-28)23-6-5-18(2)7-10-29-23/h6,8-11,13-16,18,33H,4-5,7,12,17H2,1-3H3,(H,31,37)(H,30,32,34). The molecule has 4 aromatic rings. The number of aryl methyl sites for hydroxylation is 2. The lowest BCUT2D eigenvalue weighted by Gasteiger charge is -2.08. The first-order chi connectivity index (χ1) is 18.0. The van der Waals surface area contributed by atoms with Gasteiger partial charge < -0.3 is 15.6 Å². The number of allylic oxidation sites excluding steroid dienone is 1. The van der Waals surface area contributed by atoms with E-state index in [4.69, 9.17) is 0 Å². The quantitative estimate of drug-likeness (QED) is 0.303. The van der Waals surface area contributed by atoms with Crippen molar-refractivity contribution in [3.05, 3.63) is 71.4 Å². The predicted octanol–water partition coefficient (Wildman–Crippen LogP) is 5.39. The number of amides is 1. The fourth-order valence-corrected chi connectivity index (χ4v) is 4.39. The summed E-state index contributed by atoms with van der Waals surface area (Å²) in [4.78, 5) is 29.7. The third-order valence-electron chi connectivity index (χ3n) is 6.37. The normalized spacial score (nSPS) is 15.4. The number of benzene rings is 1. The maximum absolute atomic E-state index is 12.8. The van der Waals surface area contributed by atoms with Crippen LogP contribution in [0.1, 0.15) is 60.5 Å². The molecule has 0 radical (unpaired) electrons. The number of carbonyl (C=O) groups excluding carboxylic acids is 1. The molecule has 1 amide bonds. The van der Waals surface area contributed by atoms with Crippen LogP contribution in [0, 0.1) is 12.8 Å². The highest BCUT2D eigenvalue weighted by Gasteiger charge is 2.13. The van der Waals surface area contributed by atoms with Crippen molar-refractivity contribution in [1.82, 2.24) is 30.0 Å². The summed E-state index contributed by atoms with van der Waals surface area (Å²) in [5.41, 5.74) is 5.79. The number of aromatic nitrogens is 5. The van der Waals surface area contributed by atoms with Crippen LogP contribution in [0.25, 0.3) is 16.6 Å². The van der Waals surface area contributed by atoms with Gasteiger partial charge in [-0.1, -0.05) is 19.9 Å². The molecule has 1 aliphatic rings.